The molecular formula is C5H9N. The van der Waals surface area contributed by atoms with Gasteiger partial charge in [0.25, 0.3) is 0 Å². The molecular weight excluding hydrogens is 74.1 g/mol. The van der Waals surface area contributed by atoms with E-state index in [1.54, 1.807) is 6.20 Å². The first kappa shape index (κ1) is 1.57. The van der Waals surface area contributed by atoms with Crippen LogP contribution >= 0.6 is 0 Å². The van der Waals surface area contributed by atoms with Gasteiger partial charge in [0.1, 0.15) is 0 Å². The normalized spacial score (nSPS) is 29.3. The molecule has 0 saturated carbocycles. The highest BCUT2D eigenvalue weighted by Gasteiger charge is 1.92. The summed E-state index contributed by atoms with van der Waals surface area (Å²) in [7, 11) is 0. The fourth-order valence-corrected chi connectivity index (χ4v) is 0.490. The summed E-state index contributed by atoms with van der Waals surface area (Å²) in [5, 5.41) is 0. The molecule has 0 N–H and O–H groups in total. The number of hydrogen-bond acceptors (Lipinski definition) is 1. The maximum atomic E-state index is 6.94. The van der Waals surface area contributed by atoms with Crippen LogP contribution in [-0.4, -0.2) is 18.4 Å². The molecule has 0 aromatic carbocycles. The molecule has 1 heterocycles. The minimum absolute atomic E-state index is 0.635. The number of rotatable bonds is 0. The molecule has 0 saturated heterocycles. The summed E-state index contributed by atoms with van der Waals surface area (Å²) in [4.78, 5) is 1.37. The number of nitrogens with zero attached hydrogens (tertiary/aromatic N) is 1. The first-order chi connectivity index (χ1) is 4.11. The van der Waals surface area contributed by atoms with Crippen molar-refractivity contribution >= 4 is 0 Å². The van der Waals surface area contributed by atoms with Gasteiger partial charge in [-0.25, -0.2) is 0 Å². The molecule has 0 aromatic rings. The lowest BCUT2D eigenvalue weighted by atomic mass is 10.5. The Morgan fingerprint density at radius 3 is 3.33 bits per heavy atom. The van der Waals surface area contributed by atoms with E-state index >= 15 is 0 Å². The van der Waals surface area contributed by atoms with E-state index in [2.05, 4.69) is 0 Å². The third kappa shape index (κ3) is 0.534. The zero-order valence-electron chi connectivity index (χ0n) is 6.52. The maximum Gasteiger partial charge on any atom is 0.0456 e. The highest BCUT2D eigenvalue weighted by atomic mass is 15.1. The van der Waals surface area contributed by atoms with Gasteiger partial charge in [-0.2, -0.15) is 0 Å². The average Bonchev–Trinajstić information content (AvgIpc) is 2.08. The predicted molar refractivity (Wildman–Crippen MR) is 26.4 cm³/mol. The molecule has 0 fully saturated rings. The molecule has 0 unspecified atom stereocenters. The summed E-state index contributed by atoms with van der Waals surface area (Å²) in [5.41, 5.74) is 0. The van der Waals surface area contributed by atoms with Crippen LogP contribution in [0.15, 0.2) is 12.3 Å². The molecule has 0 aromatic heterocycles. The first-order valence-corrected chi connectivity index (χ1v) is 2.04. The second-order valence-corrected chi connectivity index (χ2v) is 1.37. The van der Waals surface area contributed by atoms with Crippen molar-refractivity contribution < 1.29 is 4.11 Å². The van der Waals surface area contributed by atoms with Gasteiger partial charge in [-0.3, -0.25) is 0 Å². The third-order valence-corrected chi connectivity index (χ3v) is 0.822. The lowest BCUT2D eigenvalue weighted by Crippen LogP contribution is -2.04. The molecule has 6 heavy (non-hydrogen) atoms. The van der Waals surface area contributed by atoms with E-state index in [4.69, 9.17) is 4.11 Å². The molecule has 34 valence electrons. The fraction of sp³-hybridized carbons (Fsp3) is 0.600. The van der Waals surface area contributed by atoms with E-state index in [0.29, 0.717) is 6.54 Å². The van der Waals surface area contributed by atoms with Crippen molar-refractivity contribution in [2.75, 3.05) is 13.5 Å². The van der Waals surface area contributed by atoms with Crippen molar-refractivity contribution in [3.05, 3.63) is 12.3 Å². The summed E-state index contributed by atoms with van der Waals surface area (Å²) in [5.74, 6) is 0. The van der Waals surface area contributed by atoms with Crippen LogP contribution in [0.2, 0.25) is 0 Å². The SMILES string of the molecule is [2H]C([2H])([2H])N1C=CCC1. The summed E-state index contributed by atoms with van der Waals surface area (Å²) < 4.78 is 20.8. The van der Waals surface area contributed by atoms with Gasteiger partial charge in [0.2, 0.25) is 0 Å². The Hall–Kier alpha value is -0.460. The van der Waals surface area contributed by atoms with Crippen LogP contribution in [0.25, 0.3) is 0 Å². The largest absolute Gasteiger partial charge is 0.380 e. The molecule has 0 spiro atoms. The molecule has 1 aliphatic rings. The van der Waals surface area contributed by atoms with Gasteiger partial charge in [-0.05, 0) is 12.6 Å². The highest BCUT2D eigenvalue weighted by Crippen LogP contribution is 1.97. The van der Waals surface area contributed by atoms with Crippen molar-refractivity contribution in [2.45, 2.75) is 6.42 Å². The van der Waals surface area contributed by atoms with E-state index in [0.717, 1.165) is 6.42 Å². The van der Waals surface area contributed by atoms with Crippen molar-refractivity contribution in [1.29, 1.82) is 0 Å². The summed E-state index contributed by atoms with van der Waals surface area (Å²) in [6.07, 6.45) is 4.36. The quantitative estimate of drug-likeness (QED) is 0.422. The average molecular weight is 86.2 g/mol. The Kier molecular flexibility index (Phi) is 0.347. The van der Waals surface area contributed by atoms with Crippen LogP contribution in [0, 0.1) is 0 Å². The Bertz CT molecular complexity index is 127. The van der Waals surface area contributed by atoms with Gasteiger partial charge in [0.05, 0.1) is 0 Å². The van der Waals surface area contributed by atoms with E-state index in [9.17, 15) is 0 Å². The van der Waals surface area contributed by atoms with Crippen LogP contribution in [0.3, 0.4) is 0 Å². The molecule has 0 radical (unpaired) electrons. The first-order valence-electron chi connectivity index (χ1n) is 3.54. The highest BCUT2D eigenvalue weighted by molar-refractivity contribution is 4.88. The second-order valence-electron chi connectivity index (χ2n) is 1.37. The van der Waals surface area contributed by atoms with Crippen LogP contribution < -0.4 is 0 Å². The van der Waals surface area contributed by atoms with Gasteiger partial charge in [-0.1, -0.05) is 6.08 Å². The molecule has 1 heteroatoms. The van der Waals surface area contributed by atoms with E-state index in [1.165, 1.54) is 4.90 Å². The molecule has 0 bridgehead atoms. The summed E-state index contributed by atoms with van der Waals surface area (Å²) in [6, 6.07) is 0. The zero-order valence-corrected chi connectivity index (χ0v) is 3.52. The van der Waals surface area contributed by atoms with Gasteiger partial charge < -0.3 is 4.90 Å². The fourth-order valence-electron chi connectivity index (χ4n) is 0.490. The molecule has 0 aliphatic carbocycles. The van der Waals surface area contributed by atoms with Crippen molar-refractivity contribution in [2.24, 2.45) is 0 Å². The summed E-state index contributed by atoms with van der Waals surface area (Å²) in [6.45, 7) is -1.29. The Labute approximate surface area is 42.5 Å². The smallest absolute Gasteiger partial charge is 0.0456 e. The molecule has 1 aliphatic heterocycles. The van der Waals surface area contributed by atoms with Crippen molar-refractivity contribution in [3.8, 4) is 0 Å². The predicted octanol–water partition coefficient (Wildman–Crippen LogP) is 0.836. The van der Waals surface area contributed by atoms with Crippen LogP contribution in [-0.2, 0) is 0 Å². The van der Waals surface area contributed by atoms with Gasteiger partial charge in [-0.15, -0.1) is 0 Å². The topological polar surface area (TPSA) is 3.24 Å². The Morgan fingerprint density at radius 2 is 3.00 bits per heavy atom. The van der Waals surface area contributed by atoms with Crippen LogP contribution in [0.5, 0.6) is 0 Å². The molecule has 0 atom stereocenters. The Balaban J connectivity index is 2.53. The third-order valence-electron chi connectivity index (χ3n) is 0.822. The minimum Gasteiger partial charge on any atom is -0.380 e. The molecule has 1 nitrogen and oxygen atoms in total. The standard InChI is InChI=1S/C5H9N/c1-6-4-2-3-5-6/h2,4H,3,5H2,1H3/i1D3. The van der Waals surface area contributed by atoms with Crippen LogP contribution in [0.4, 0.5) is 0 Å². The summed E-state index contributed by atoms with van der Waals surface area (Å²) >= 11 is 0. The van der Waals surface area contributed by atoms with Gasteiger partial charge in [0.15, 0.2) is 0 Å². The maximum absolute atomic E-state index is 6.94. The molecule has 1 rings (SSSR count). The lowest BCUT2D eigenvalue weighted by Gasteiger charge is -2.02. The van der Waals surface area contributed by atoms with Crippen molar-refractivity contribution in [3.63, 3.8) is 0 Å². The molecule has 0 amide bonds. The zero-order chi connectivity index (χ0) is 6.91. The van der Waals surface area contributed by atoms with Gasteiger partial charge >= 0.3 is 0 Å². The Morgan fingerprint density at radius 1 is 2.00 bits per heavy atom. The lowest BCUT2D eigenvalue weighted by molar-refractivity contribution is 0.496. The van der Waals surface area contributed by atoms with Crippen LogP contribution in [0.1, 0.15) is 10.5 Å². The van der Waals surface area contributed by atoms with Crippen molar-refractivity contribution in [1.82, 2.24) is 4.90 Å². The van der Waals surface area contributed by atoms with Gasteiger partial charge in [0, 0.05) is 17.6 Å². The minimum atomic E-state index is -1.92. The van der Waals surface area contributed by atoms with E-state index in [1.807, 2.05) is 6.08 Å². The number of hydrogen-bond donors (Lipinski definition) is 0. The monoisotopic (exact) mass is 86.1 g/mol. The van der Waals surface area contributed by atoms with E-state index < -0.39 is 6.98 Å². The second kappa shape index (κ2) is 1.33. The van der Waals surface area contributed by atoms with E-state index in [-0.39, 0.29) is 0 Å².